The largest absolute Gasteiger partial charge is 0.496 e. The van der Waals surface area contributed by atoms with Crippen molar-refractivity contribution in [3.05, 3.63) is 40.3 Å². The zero-order chi connectivity index (χ0) is 15.2. The summed E-state index contributed by atoms with van der Waals surface area (Å²) in [6.07, 6.45) is 1.68. The number of thiazole rings is 1. The predicted octanol–water partition coefficient (Wildman–Crippen LogP) is 2.17. The van der Waals surface area contributed by atoms with Gasteiger partial charge in [-0.3, -0.25) is 4.98 Å². The molecule has 0 saturated carbocycles. The first-order chi connectivity index (χ1) is 10.1. The second-order valence-electron chi connectivity index (χ2n) is 4.00. The number of aromatic carboxylic acids is 1. The summed E-state index contributed by atoms with van der Waals surface area (Å²) in [5.74, 6) is -0.907. The van der Waals surface area contributed by atoms with Crippen LogP contribution in [0.4, 0.5) is 10.5 Å². The van der Waals surface area contributed by atoms with Gasteiger partial charge in [0.25, 0.3) is 0 Å². The van der Waals surface area contributed by atoms with E-state index in [1.54, 1.807) is 11.7 Å². The van der Waals surface area contributed by atoms with Crippen molar-refractivity contribution < 1.29 is 19.4 Å². The second kappa shape index (κ2) is 6.71. The number of ether oxygens (including phenoxy) is 1. The monoisotopic (exact) mass is 307 g/mol. The van der Waals surface area contributed by atoms with E-state index in [0.717, 1.165) is 4.88 Å². The van der Waals surface area contributed by atoms with E-state index in [4.69, 9.17) is 9.84 Å². The normalized spacial score (nSPS) is 9.95. The molecule has 1 aromatic carbocycles. The minimum Gasteiger partial charge on any atom is -0.496 e. The van der Waals surface area contributed by atoms with Crippen molar-refractivity contribution in [2.45, 2.75) is 6.54 Å². The van der Waals surface area contributed by atoms with E-state index in [0.29, 0.717) is 12.2 Å². The Morgan fingerprint density at radius 3 is 2.86 bits per heavy atom. The maximum Gasteiger partial charge on any atom is 0.339 e. The quantitative estimate of drug-likeness (QED) is 0.786. The van der Waals surface area contributed by atoms with E-state index >= 15 is 0 Å². The number of rotatable bonds is 5. The standard InChI is InChI=1S/C13H13N3O4S/c1-20-11-4-8(2-3-10(11)12(17)18)16-13(19)15-6-9-5-14-7-21-9/h2-5,7H,6H2,1H3,(H,17,18)(H2,15,16,19). The Morgan fingerprint density at radius 2 is 2.24 bits per heavy atom. The molecule has 0 saturated heterocycles. The lowest BCUT2D eigenvalue weighted by Gasteiger charge is -2.10. The van der Waals surface area contributed by atoms with Crippen molar-refractivity contribution in [1.29, 1.82) is 0 Å². The molecule has 3 N–H and O–H groups in total. The molecule has 2 aromatic rings. The van der Waals surface area contributed by atoms with Gasteiger partial charge >= 0.3 is 12.0 Å². The maximum absolute atomic E-state index is 11.7. The van der Waals surface area contributed by atoms with Crippen molar-refractivity contribution in [1.82, 2.24) is 10.3 Å². The van der Waals surface area contributed by atoms with Crippen LogP contribution in [0.5, 0.6) is 5.75 Å². The van der Waals surface area contributed by atoms with Crippen LogP contribution < -0.4 is 15.4 Å². The average Bonchev–Trinajstić information content (AvgIpc) is 2.98. The Labute approximate surface area is 124 Å². The van der Waals surface area contributed by atoms with Crippen molar-refractivity contribution in [2.75, 3.05) is 12.4 Å². The first kappa shape index (κ1) is 14.8. The number of urea groups is 1. The molecule has 0 bridgehead atoms. The molecule has 0 atom stereocenters. The molecule has 110 valence electrons. The summed E-state index contributed by atoms with van der Waals surface area (Å²) >= 11 is 1.44. The van der Waals surface area contributed by atoms with E-state index in [1.165, 1.54) is 36.6 Å². The molecular formula is C13H13N3O4S. The zero-order valence-corrected chi connectivity index (χ0v) is 11.9. The fourth-order valence-electron chi connectivity index (χ4n) is 1.62. The van der Waals surface area contributed by atoms with Gasteiger partial charge in [0.15, 0.2) is 0 Å². The van der Waals surface area contributed by atoms with E-state index in [9.17, 15) is 9.59 Å². The highest BCUT2D eigenvalue weighted by atomic mass is 32.1. The lowest BCUT2D eigenvalue weighted by molar-refractivity contribution is 0.0693. The van der Waals surface area contributed by atoms with Gasteiger partial charge in [0.2, 0.25) is 0 Å². The zero-order valence-electron chi connectivity index (χ0n) is 11.1. The van der Waals surface area contributed by atoms with Gasteiger partial charge in [-0.1, -0.05) is 0 Å². The van der Waals surface area contributed by atoms with Gasteiger partial charge in [0.05, 0.1) is 19.2 Å². The summed E-state index contributed by atoms with van der Waals surface area (Å²) in [5.41, 5.74) is 2.16. The number of hydrogen-bond acceptors (Lipinski definition) is 5. The molecule has 0 aliphatic heterocycles. The van der Waals surface area contributed by atoms with Crippen LogP contribution in [-0.2, 0) is 6.54 Å². The summed E-state index contributed by atoms with van der Waals surface area (Å²) in [6, 6.07) is 3.93. The molecule has 2 rings (SSSR count). The molecule has 1 heterocycles. The van der Waals surface area contributed by atoms with Crippen molar-refractivity contribution in [3.63, 3.8) is 0 Å². The van der Waals surface area contributed by atoms with Crippen LogP contribution in [0.15, 0.2) is 29.9 Å². The summed E-state index contributed by atoms with van der Waals surface area (Å²) in [7, 11) is 1.37. The van der Waals surface area contributed by atoms with Gasteiger partial charge in [0, 0.05) is 22.8 Å². The Balaban J connectivity index is 1.99. The van der Waals surface area contributed by atoms with Crippen LogP contribution in [0.25, 0.3) is 0 Å². The number of carbonyl (C=O) groups excluding carboxylic acids is 1. The number of methoxy groups -OCH3 is 1. The third kappa shape index (κ3) is 3.93. The Bertz CT molecular complexity index is 643. The van der Waals surface area contributed by atoms with Crippen LogP contribution in [0.1, 0.15) is 15.2 Å². The van der Waals surface area contributed by atoms with Gasteiger partial charge in [-0.15, -0.1) is 11.3 Å². The number of carbonyl (C=O) groups is 2. The number of carboxylic acids is 1. The van der Waals surface area contributed by atoms with Crippen LogP contribution >= 0.6 is 11.3 Å². The van der Waals surface area contributed by atoms with E-state index in [2.05, 4.69) is 15.6 Å². The number of carboxylic acid groups (broad SMARTS) is 1. The molecule has 8 heteroatoms. The van der Waals surface area contributed by atoms with Crippen LogP contribution in [-0.4, -0.2) is 29.2 Å². The number of hydrogen-bond donors (Lipinski definition) is 3. The first-order valence-corrected chi connectivity index (χ1v) is 6.81. The number of benzene rings is 1. The topological polar surface area (TPSA) is 101 Å². The van der Waals surface area contributed by atoms with Crippen molar-refractivity contribution in [3.8, 4) is 5.75 Å². The molecule has 1 aromatic heterocycles. The SMILES string of the molecule is COc1cc(NC(=O)NCc2cncs2)ccc1C(=O)O. The molecule has 21 heavy (non-hydrogen) atoms. The van der Waals surface area contributed by atoms with Crippen molar-refractivity contribution >= 4 is 29.0 Å². The molecule has 0 spiro atoms. The second-order valence-corrected chi connectivity index (χ2v) is 4.97. The summed E-state index contributed by atoms with van der Waals surface area (Å²) < 4.78 is 4.99. The van der Waals surface area contributed by atoms with Gasteiger partial charge in [-0.25, -0.2) is 9.59 Å². The van der Waals surface area contributed by atoms with Gasteiger partial charge in [-0.05, 0) is 12.1 Å². The van der Waals surface area contributed by atoms with Crippen molar-refractivity contribution in [2.24, 2.45) is 0 Å². The minimum atomic E-state index is -1.09. The Morgan fingerprint density at radius 1 is 1.43 bits per heavy atom. The minimum absolute atomic E-state index is 0.0353. The van der Waals surface area contributed by atoms with Gasteiger partial charge in [-0.2, -0.15) is 0 Å². The average molecular weight is 307 g/mol. The van der Waals surface area contributed by atoms with Crippen LogP contribution in [0.3, 0.4) is 0 Å². The molecule has 2 amide bonds. The van der Waals surface area contributed by atoms with E-state index in [-0.39, 0.29) is 11.3 Å². The summed E-state index contributed by atoms with van der Waals surface area (Å²) in [5, 5.41) is 14.3. The van der Waals surface area contributed by atoms with Gasteiger partial charge < -0.3 is 20.5 Å². The predicted molar refractivity (Wildman–Crippen MR) is 77.9 cm³/mol. The molecule has 7 nitrogen and oxygen atoms in total. The molecule has 0 radical (unpaired) electrons. The highest BCUT2D eigenvalue weighted by Gasteiger charge is 2.12. The Hall–Kier alpha value is -2.61. The molecule has 0 aliphatic rings. The van der Waals surface area contributed by atoms with E-state index in [1.807, 2.05) is 0 Å². The number of aromatic nitrogens is 1. The number of nitrogens with zero attached hydrogens (tertiary/aromatic N) is 1. The lowest BCUT2D eigenvalue weighted by atomic mass is 10.2. The molecule has 0 aliphatic carbocycles. The fraction of sp³-hybridized carbons (Fsp3) is 0.154. The molecule has 0 unspecified atom stereocenters. The molecule has 0 fully saturated rings. The Kier molecular flexibility index (Phi) is 4.72. The third-order valence-electron chi connectivity index (χ3n) is 2.60. The first-order valence-electron chi connectivity index (χ1n) is 5.93. The highest BCUT2D eigenvalue weighted by Crippen LogP contribution is 2.23. The molecular weight excluding hydrogens is 294 g/mol. The maximum atomic E-state index is 11.7. The van der Waals surface area contributed by atoms with Crippen LogP contribution in [0, 0.1) is 0 Å². The van der Waals surface area contributed by atoms with Gasteiger partial charge in [0.1, 0.15) is 11.3 Å². The van der Waals surface area contributed by atoms with Crippen LogP contribution in [0.2, 0.25) is 0 Å². The smallest absolute Gasteiger partial charge is 0.339 e. The highest BCUT2D eigenvalue weighted by molar-refractivity contribution is 7.09. The fourth-order valence-corrected chi connectivity index (χ4v) is 2.15. The summed E-state index contributed by atoms with van der Waals surface area (Å²) in [4.78, 5) is 27.5. The van der Waals surface area contributed by atoms with E-state index < -0.39 is 12.0 Å². The third-order valence-corrected chi connectivity index (χ3v) is 3.38. The number of anilines is 1. The number of nitrogens with one attached hydrogen (secondary N) is 2. The lowest BCUT2D eigenvalue weighted by Crippen LogP contribution is -2.27. The summed E-state index contributed by atoms with van der Waals surface area (Å²) in [6.45, 7) is 0.376. The number of amides is 2.